The summed E-state index contributed by atoms with van der Waals surface area (Å²) in [6, 6.07) is 11.2. The number of hydrogen-bond acceptors (Lipinski definition) is 2. The molecule has 0 saturated heterocycles. The Kier molecular flexibility index (Phi) is 4.41. The lowest BCUT2D eigenvalue weighted by Crippen LogP contribution is -2.26. The van der Waals surface area contributed by atoms with Crippen molar-refractivity contribution < 1.29 is 0 Å². The molecule has 3 aromatic rings. The van der Waals surface area contributed by atoms with Gasteiger partial charge in [-0.3, -0.25) is 4.98 Å². The normalized spacial score (nSPS) is 15.7. The maximum absolute atomic E-state index is 4.14. The molecule has 0 saturated carbocycles. The zero-order valence-electron chi connectivity index (χ0n) is 16.2. The Bertz CT molecular complexity index is 964. The zero-order valence-corrected chi connectivity index (χ0v) is 16.2. The Hall–Kier alpha value is -2.39. The molecule has 1 aliphatic rings. The van der Waals surface area contributed by atoms with Crippen molar-refractivity contribution in [2.24, 2.45) is 0 Å². The van der Waals surface area contributed by atoms with Crippen molar-refractivity contribution in [3.63, 3.8) is 0 Å². The van der Waals surface area contributed by atoms with E-state index in [4.69, 9.17) is 0 Å². The van der Waals surface area contributed by atoms with Gasteiger partial charge in [0.2, 0.25) is 0 Å². The first-order valence-electron chi connectivity index (χ1n) is 9.47. The van der Waals surface area contributed by atoms with E-state index in [1.165, 1.54) is 38.9 Å². The number of likely N-dealkylation sites (N-methyl/N-ethyl adjacent to an activating group) is 1. The average molecular weight is 345 g/mol. The summed E-state index contributed by atoms with van der Waals surface area (Å²) in [7, 11) is 2.21. The largest absolute Gasteiger partial charge is 0.320 e. The van der Waals surface area contributed by atoms with Crippen molar-refractivity contribution >= 4 is 22.7 Å². The van der Waals surface area contributed by atoms with Crippen molar-refractivity contribution in [2.75, 3.05) is 13.6 Å². The Morgan fingerprint density at radius 2 is 1.92 bits per heavy atom. The van der Waals surface area contributed by atoms with Crippen LogP contribution in [0.2, 0.25) is 0 Å². The molecule has 0 amide bonds. The summed E-state index contributed by atoms with van der Waals surface area (Å²) < 4.78 is 2.44. The van der Waals surface area contributed by atoms with Crippen LogP contribution in [0.1, 0.15) is 49.1 Å². The van der Waals surface area contributed by atoms with E-state index in [1.807, 2.05) is 12.4 Å². The van der Waals surface area contributed by atoms with E-state index >= 15 is 0 Å². The number of aromatic nitrogens is 2. The van der Waals surface area contributed by atoms with Crippen molar-refractivity contribution in [3.8, 4) is 0 Å². The molecule has 0 fully saturated rings. The summed E-state index contributed by atoms with van der Waals surface area (Å²) in [4.78, 5) is 6.56. The highest BCUT2D eigenvalue weighted by molar-refractivity contribution is 5.90. The van der Waals surface area contributed by atoms with Gasteiger partial charge in [0.05, 0.1) is 5.52 Å². The standard InChI is InChI=1S/C23H27N3/c1-16(2)19-5-6-20-21-15-25(4)12-9-22(21)26(23(20)13-19)14-17(3)18-7-10-24-11-8-18/h5-8,10-11,13-14,16H,9,12,15H2,1-4H3/b17-14-. The van der Waals surface area contributed by atoms with Crippen LogP contribution in [-0.4, -0.2) is 28.0 Å². The Labute approximate surface area is 156 Å². The number of pyridine rings is 1. The van der Waals surface area contributed by atoms with Crippen LogP contribution in [0.4, 0.5) is 0 Å². The molecule has 0 aliphatic carbocycles. The van der Waals surface area contributed by atoms with E-state index in [2.05, 4.69) is 78.8 Å². The van der Waals surface area contributed by atoms with Gasteiger partial charge in [0.15, 0.2) is 0 Å². The maximum Gasteiger partial charge on any atom is 0.0531 e. The number of benzene rings is 1. The fraction of sp³-hybridized carbons (Fsp3) is 0.348. The number of allylic oxidation sites excluding steroid dienone is 1. The van der Waals surface area contributed by atoms with Crippen molar-refractivity contribution in [1.82, 2.24) is 14.5 Å². The van der Waals surface area contributed by atoms with Gasteiger partial charge in [0.1, 0.15) is 0 Å². The van der Waals surface area contributed by atoms with Crippen LogP contribution in [0.15, 0.2) is 42.7 Å². The fourth-order valence-electron chi connectivity index (χ4n) is 3.93. The molecule has 0 radical (unpaired) electrons. The van der Waals surface area contributed by atoms with Crippen LogP contribution >= 0.6 is 0 Å². The molecule has 3 nitrogen and oxygen atoms in total. The molecule has 0 bridgehead atoms. The number of fused-ring (bicyclic) bond motifs is 3. The van der Waals surface area contributed by atoms with Gasteiger partial charge in [-0.2, -0.15) is 0 Å². The first-order valence-corrected chi connectivity index (χ1v) is 9.47. The number of hydrogen-bond donors (Lipinski definition) is 0. The minimum absolute atomic E-state index is 0.535. The second kappa shape index (κ2) is 6.73. The van der Waals surface area contributed by atoms with Gasteiger partial charge in [0.25, 0.3) is 0 Å². The molecular weight excluding hydrogens is 318 g/mol. The zero-order chi connectivity index (χ0) is 18.3. The van der Waals surface area contributed by atoms with Gasteiger partial charge in [-0.25, -0.2) is 0 Å². The van der Waals surface area contributed by atoms with Crippen molar-refractivity contribution in [3.05, 3.63) is 65.1 Å². The summed E-state index contributed by atoms with van der Waals surface area (Å²) >= 11 is 0. The lowest BCUT2D eigenvalue weighted by atomic mass is 10.00. The smallest absolute Gasteiger partial charge is 0.0531 e. The fourth-order valence-corrected chi connectivity index (χ4v) is 3.93. The molecule has 0 unspecified atom stereocenters. The molecule has 4 rings (SSSR count). The summed E-state index contributed by atoms with van der Waals surface area (Å²) in [6.07, 6.45) is 7.13. The van der Waals surface area contributed by atoms with E-state index in [1.54, 1.807) is 0 Å². The Morgan fingerprint density at radius 1 is 1.15 bits per heavy atom. The summed E-state index contributed by atoms with van der Waals surface area (Å²) in [5, 5.41) is 1.40. The van der Waals surface area contributed by atoms with Gasteiger partial charge >= 0.3 is 0 Å². The second-order valence-corrected chi connectivity index (χ2v) is 7.76. The first kappa shape index (κ1) is 17.0. The molecule has 2 aromatic heterocycles. The molecule has 134 valence electrons. The highest BCUT2D eigenvalue weighted by Gasteiger charge is 2.22. The van der Waals surface area contributed by atoms with Gasteiger partial charge in [-0.1, -0.05) is 26.0 Å². The molecule has 3 heteroatoms. The minimum atomic E-state index is 0.535. The van der Waals surface area contributed by atoms with Gasteiger partial charge in [0, 0.05) is 49.2 Å². The van der Waals surface area contributed by atoms with Crippen LogP contribution in [0.25, 0.3) is 22.7 Å². The summed E-state index contributed by atoms with van der Waals surface area (Å²) in [6.45, 7) is 8.86. The predicted octanol–water partition coefficient (Wildman–Crippen LogP) is 5.17. The van der Waals surface area contributed by atoms with Crippen LogP contribution in [0, 0.1) is 0 Å². The lowest BCUT2D eigenvalue weighted by molar-refractivity contribution is 0.312. The highest BCUT2D eigenvalue weighted by Crippen LogP contribution is 2.33. The molecular formula is C23H27N3. The average Bonchev–Trinajstić information content (AvgIpc) is 2.95. The molecule has 0 spiro atoms. The van der Waals surface area contributed by atoms with Gasteiger partial charge in [-0.15, -0.1) is 0 Å². The number of nitrogens with zero attached hydrogens (tertiary/aromatic N) is 3. The minimum Gasteiger partial charge on any atom is -0.320 e. The number of rotatable bonds is 3. The third kappa shape index (κ3) is 2.97. The molecule has 3 heterocycles. The van der Waals surface area contributed by atoms with Crippen LogP contribution in [-0.2, 0) is 13.0 Å². The Morgan fingerprint density at radius 3 is 2.65 bits per heavy atom. The lowest BCUT2D eigenvalue weighted by Gasteiger charge is -2.23. The summed E-state index contributed by atoms with van der Waals surface area (Å²) in [5.74, 6) is 0.535. The van der Waals surface area contributed by atoms with E-state index in [0.29, 0.717) is 5.92 Å². The third-order valence-electron chi connectivity index (χ3n) is 5.53. The maximum atomic E-state index is 4.14. The van der Waals surface area contributed by atoms with Crippen molar-refractivity contribution in [2.45, 2.75) is 39.7 Å². The Balaban J connectivity index is 1.93. The van der Waals surface area contributed by atoms with Gasteiger partial charge < -0.3 is 9.47 Å². The third-order valence-corrected chi connectivity index (χ3v) is 5.53. The van der Waals surface area contributed by atoms with Crippen LogP contribution in [0.5, 0.6) is 0 Å². The van der Waals surface area contributed by atoms with Crippen molar-refractivity contribution in [1.29, 1.82) is 0 Å². The second-order valence-electron chi connectivity index (χ2n) is 7.76. The predicted molar refractivity (Wildman–Crippen MR) is 110 cm³/mol. The van der Waals surface area contributed by atoms with E-state index < -0.39 is 0 Å². The highest BCUT2D eigenvalue weighted by atomic mass is 15.1. The molecule has 0 N–H and O–H groups in total. The first-order chi connectivity index (χ1) is 12.5. The monoisotopic (exact) mass is 345 g/mol. The van der Waals surface area contributed by atoms with E-state index in [-0.39, 0.29) is 0 Å². The van der Waals surface area contributed by atoms with E-state index in [9.17, 15) is 0 Å². The van der Waals surface area contributed by atoms with Crippen LogP contribution in [0.3, 0.4) is 0 Å². The topological polar surface area (TPSA) is 21.1 Å². The molecule has 0 atom stereocenters. The molecule has 1 aliphatic heterocycles. The molecule has 26 heavy (non-hydrogen) atoms. The summed E-state index contributed by atoms with van der Waals surface area (Å²) in [5.41, 5.74) is 8.18. The quantitative estimate of drug-likeness (QED) is 0.653. The van der Waals surface area contributed by atoms with Gasteiger partial charge in [-0.05, 0) is 60.4 Å². The van der Waals surface area contributed by atoms with E-state index in [0.717, 1.165) is 19.5 Å². The van der Waals surface area contributed by atoms with Crippen LogP contribution < -0.4 is 0 Å². The SMILES string of the molecule is C/C(=C/n1c2c(c3ccc(C(C)C)cc31)CN(C)CC2)c1ccncc1. The molecule has 1 aromatic carbocycles.